The summed E-state index contributed by atoms with van der Waals surface area (Å²) in [4.78, 5) is 11.2. The molecule has 0 bridgehead atoms. The van der Waals surface area contributed by atoms with Crippen LogP contribution in [0.15, 0.2) is 36.9 Å². The van der Waals surface area contributed by atoms with E-state index in [9.17, 15) is 4.79 Å². The first-order valence-corrected chi connectivity index (χ1v) is 4.17. The molecule has 0 aliphatic carbocycles. The number of rotatable bonds is 3. The molecule has 0 saturated heterocycles. The van der Waals surface area contributed by atoms with Gasteiger partial charge in [0.2, 0.25) is 0 Å². The molecule has 0 heterocycles. The molecule has 0 saturated carbocycles. The zero-order valence-corrected chi connectivity index (χ0v) is 7.62. The molecule has 2 nitrogen and oxygen atoms in total. The van der Waals surface area contributed by atoms with Crippen molar-refractivity contribution in [2.24, 2.45) is 0 Å². The van der Waals surface area contributed by atoms with Crippen LogP contribution in [0.3, 0.4) is 0 Å². The van der Waals surface area contributed by atoms with Gasteiger partial charge in [0, 0.05) is 0 Å². The Kier molecular flexibility index (Phi) is 3.26. The van der Waals surface area contributed by atoms with Crippen LogP contribution in [0.5, 0.6) is 0 Å². The molecule has 0 aliphatic rings. The molecule has 1 aromatic rings. The highest BCUT2D eigenvalue weighted by Crippen LogP contribution is 2.12. The van der Waals surface area contributed by atoms with E-state index in [2.05, 4.69) is 6.58 Å². The summed E-state index contributed by atoms with van der Waals surface area (Å²) < 4.78 is 4.82. The third kappa shape index (κ3) is 2.44. The summed E-state index contributed by atoms with van der Waals surface area (Å²) in [5.74, 6) is -0.353. The lowest BCUT2D eigenvalue weighted by molar-refractivity contribution is -0.136. The highest BCUT2D eigenvalue weighted by molar-refractivity contribution is 6.15. The Balaban J connectivity index is 2.74. The van der Waals surface area contributed by atoms with Gasteiger partial charge in [-0.2, -0.15) is 0 Å². The van der Waals surface area contributed by atoms with E-state index >= 15 is 0 Å². The van der Waals surface area contributed by atoms with Gasteiger partial charge in [0.05, 0.1) is 12.2 Å². The Morgan fingerprint density at radius 1 is 1.38 bits per heavy atom. The van der Waals surface area contributed by atoms with Crippen LogP contribution in [0.25, 0.3) is 5.57 Å². The van der Waals surface area contributed by atoms with Crippen molar-refractivity contribution in [3.8, 4) is 0 Å². The van der Waals surface area contributed by atoms with Crippen molar-refractivity contribution in [1.82, 2.24) is 0 Å². The fourth-order valence-corrected chi connectivity index (χ4v) is 0.975. The van der Waals surface area contributed by atoms with Crippen LogP contribution in [-0.2, 0) is 9.53 Å². The van der Waals surface area contributed by atoms with Crippen molar-refractivity contribution >= 4 is 11.5 Å². The van der Waals surface area contributed by atoms with Crippen molar-refractivity contribution in [3.05, 3.63) is 42.5 Å². The van der Waals surface area contributed by atoms with Gasteiger partial charge in [-0.15, -0.1) is 0 Å². The average Bonchev–Trinajstić information content (AvgIpc) is 2.18. The monoisotopic (exact) mass is 176 g/mol. The summed E-state index contributed by atoms with van der Waals surface area (Å²) in [6, 6.07) is 9.28. The molecule has 1 rings (SSSR count). The van der Waals surface area contributed by atoms with Gasteiger partial charge in [0.25, 0.3) is 0 Å². The molecule has 1 aromatic carbocycles. The van der Waals surface area contributed by atoms with E-state index < -0.39 is 0 Å². The number of ether oxygens (including phenoxy) is 1. The second kappa shape index (κ2) is 4.45. The quantitative estimate of drug-likeness (QED) is 0.521. The van der Waals surface area contributed by atoms with Crippen molar-refractivity contribution < 1.29 is 9.53 Å². The Hall–Kier alpha value is -1.57. The van der Waals surface area contributed by atoms with E-state index in [1.165, 1.54) is 0 Å². The minimum atomic E-state index is -0.353. The SMILES string of the molecule is C=C(C(=O)OCC)c1ccccc1. The van der Waals surface area contributed by atoms with E-state index in [1.807, 2.05) is 30.3 Å². The van der Waals surface area contributed by atoms with Gasteiger partial charge < -0.3 is 4.74 Å². The van der Waals surface area contributed by atoms with Gasteiger partial charge in [-0.1, -0.05) is 36.9 Å². The van der Waals surface area contributed by atoms with Crippen LogP contribution in [0.1, 0.15) is 12.5 Å². The fourth-order valence-electron chi connectivity index (χ4n) is 0.975. The summed E-state index contributed by atoms with van der Waals surface area (Å²) in [6.07, 6.45) is 0. The lowest BCUT2D eigenvalue weighted by Gasteiger charge is -2.04. The van der Waals surface area contributed by atoms with Crippen LogP contribution >= 0.6 is 0 Å². The topological polar surface area (TPSA) is 26.3 Å². The van der Waals surface area contributed by atoms with E-state index in [4.69, 9.17) is 4.74 Å². The van der Waals surface area contributed by atoms with Gasteiger partial charge >= 0.3 is 5.97 Å². The molecule has 0 amide bonds. The summed E-state index contributed by atoms with van der Waals surface area (Å²) in [5, 5.41) is 0. The molecule has 0 radical (unpaired) electrons. The molecule has 0 aromatic heterocycles. The number of carbonyl (C=O) groups excluding carboxylic acids is 1. The third-order valence-electron chi connectivity index (χ3n) is 1.64. The van der Waals surface area contributed by atoms with Crippen molar-refractivity contribution in [2.45, 2.75) is 6.92 Å². The zero-order chi connectivity index (χ0) is 9.68. The molecular formula is C11H12O2. The molecule has 2 heteroatoms. The Bertz CT molecular complexity index is 301. The summed E-state index contributed by atoms with van der Waals surface area (Å²) in [6.45, 7) is 5.82. The van der Waals surface area contributed by atoms with Crippen LogP contribution in [-0.4, -0.2) is 12.6 Å². The molecule has 0 spiro atoms. The predicted octanol–water partition coefficient (Wildman–Crippen LogP) is 2.26. The third-order valence-corrected chi connectivity index (χ3v) is 1.64. The van der Waals surface area contributed by atoms with E-state index in [0.29, 0.717) is 12.2 Å². The number of hydrogen-bond acceptors (Lipinski definition) is 2. The molecule has 13 heavy (non-hydrogen) atoms. The van der Waals surface area contributed by atoms with Crippen LogP contribution in [0.4, 0.5) is 0 Å². The van der Waals surface area contributed by atoms with Crippen LogP contribution in [0, 0.1) is 0 Å². The number of esters is 1. The Morgan fingerprint density at radius 2 is 2.00 bits per heavy atom. The maximum Gasteiger partial charge on any atom is 0.338 e. The molecular weight excluding hydrogens is 164 g/mol. The summed E-state index contributed by atoms with van der Waals surface area (Å²) in [7, 11) is 0. The number of benzene rings is 1. The molecule has 0 aliphatic heterocycles. The van der Waals surface area contributed by atoms with E-state index in [-0.39, 0.29) is 5.97 Å². The first kappa shape index (κ1) is 9.52. The zero-order valence-electron chi connectivity index (χ0n) is 7.62. The smallest absolute Gasteiger partial charge is 0.338 e. The summed E-state index contributed by atoms with van der Waals surface area (Å²) in [5.41, 5.74) is 1.21. The van der Waals surface area contributed by atoms with Crippen LogP contribution in [0.2, 0.25) is 0 Å². The van der Waals surface area contributed by atoms with Crippen molar-refractivity contribution in [1.29, 1.82) is 0 Å². The molecule has 68 valence electrons. The highest BCUT2D eigenvalue weighted by Gasteiger charge is 2.08. The van der Waals surface area contributed by atoms with Crippen molar-refractivity contribution in [2.75, 3.05) is 6.61 Å². The fraction of sp³-hybridized carbons (Fsp3) is 0.182. The van der Waals surface area contributed by atoms with Gasteiger partial charge in [-0.25, -0.2) is 4.79 Å². The molecule has 0 atom stereocenters. The normalized spacial score (nSPS) is 9.31. The van der Waals surface area contributed by atoms with Crippen LogP contribution < -0.4 is 0 Å². The highest BCUT2D eigenvalue weighted by atomic mass is 16.5. The van der Waals surface area contributed by atoms with Gasteiger partial charge in [-0.05, 0) is 12.5 Å². The average molecular weight is 176 g/mol. The lowest BCUT2D eigenvalue weighted by atomic mass is 10.1. The van der Waals surface area contributed by atoms with Gasteiger partial charge in [0.1, 0.15) is 0 Å². The predicted molar refractivity (Wildman–Crippen MR) is 52.1 cm³/mol. The number of hydrogen-bond donors (Lipinski definition) is 0. The first-order chi connectivity index (χ1) is 6.25. The minimum absolute atomic E-state index is 0.353. The molecule has 0 N–H and O–H groups in total. The van der Waals surface area contributed by atoms with E-state index in [1.54, 1.807) is 6.92 Å². The van der Waals surface area contributed by atoms with Gasteiger partial charge in [0.15, 0.2) is 0 Å². The second-order valence-corrected chi connectivity index (χ2v) is 2.57. The minimum Gasteiger partial charge on any atom is -0.462 e. The summed E-state index contributed by atoms with van der Waals surface area (Å²) >= 11 is 0. The second-order valence-electron chi connectivity index (χ2n) is 2.57. The maximum atomic E-state index is 11.2. The van der Waals surface area contributed by atoms with Gasteiger partial charge in [-0.3, -0.25) is 0 Å². The molecule has 0 unspecified atom stereocenters. The Morgan fingerprint density at radius 3 is 2.54 bits per heavy atom. The maximum absolute atomic E-state index is 11.2. The van der Waals surface area contributed by atoms with E-state index in [0.717, 1.165) is 5.56 Å². The molecule has 0 fully saturated rings. The first-order valence-electron chi connectivity index (χ1n) is 4.17. The number of carbonyl (C=O) groups is 1. The van der Waals surface area contributed by atoms with Crippen molar-refractivity contribution in [3.63, 3.8) is 0 Å². The standard InChI is InChI=1S/C11H12O2/c1-3-13-11(12)9(2)10-7-5-4-6-8-10/h4-8H,2-3H2,1H3. The lowest BCUT2D eigenvalue weighted by Crippen LogP contribution is -2.05. The largest absolute Gasteiger partial charge is 0.462 e. The Labute approximate surface area is 77.8 Å².